The number of aryl methyl sites for hydroxylation is 1. The number of para-hydroxylation sites is 1. The molecule has 0 aliphatic rings. The van der Waals surface area contributed by atoms with E-state index in [1.807, 2.05) is 32.9 Å². The Kier molecular flexibility index (Phi) is 5.72. The molecule has 1 heterocycles. The van der Waals surface area contributed by atoms with Gasteiger partial charge in [-0.2, -0.15) is 0 Å². The molecule has 0 saturated carbocycles. The summed E-state index contributed by atoms with van der Waals surface area (Å²) in [6, 6.07) is 5.43. The van der Waals surface area contributed by atoms with Crippen LogP contribution in [0.4, 0.5) is 0 Å². The molecular formula is C18H25N3O3. The van der Waals surface area contributed by atoms with E-state index < -0.39 is 0 Å². The molecule has 0 saturated heterocycles. The van der Waals surface area contributed by atoms with Crippen LogP contribution in [0.25, 0.3) is 10.9 Å². The SMILES string of the molecule is CCC(CC)(CO)CNC(=O)Cn1cnc2c(C)cccc2c1=O. The molecule has 6 heteroatoms. The summed E-state index contributed by atoms with van der Waals surface area (Å²) in [5.74, 6) is -0.259. The molecule has 1 amide bonds. The number of nitrogens with zero attached hydrogens (tertiary/aromatic N) is 2. The van der Waals surface area contributed by atoms with Gasteiger partial charge in [-0.05, 0) is 31.4 Å². The van der Waals surface area contributed by atoms with E-state index in [1.165, 1.54) is 10.9 Å². The Morgan fingerprint density at radius 3 is 2.67 bits per heavy atom. The molecule has 24 heavy (non-hydrogen) atoms. The van der Waals surface area contributed by atoms with Gasteiger partial charge in [0.2, 0.25) is 5.91 Å². The number of carbonyl (C=O) groups is 1. The lowest BCUT2D eigenvalue weighted by molar-refractivity contribution is -0.122. The number of aliphatic hydroxyl groups excluding tert-OH is 1. The minimum absolute atomic E-state index is 0.0248. The average Bonchev–Trinajstić information content (AvgIpc) is 2.60. The number of carbonyl (C=O) groups excluding carboxylic acids is 1. The second-order valence-electron chi connectivity index (χ2n) is 6.29. The fraction of sp³-hybridized carbons (Fsp3) is 0.500. The van der Waals surface area contributed by atoms with E-state index in [1.54, 1.807) is 6.07 Å². The maximum atomic E-state index is 12.5. The second-order valence-corrected chi connectivity index (χ2v) is 6.29. The van der Waals surface area contributed by atoms with Gasteiger partial charge in [0.05, 0.1) is 23.8 Å². The van der Waals surface area contributed by atoms with E-state index in [2.05, 4.69) is 10.3 Å². The molecular weight excluding hydrogens is 306 g/mol. The van der Waals surface area contributed by atoms with Gasteiger partial charge in [0.15, 0.2) is 0 Å². The predicted octanol–water partition coefficient (Wildman–Crippen LogP) is 1.62. The maximum Gasteiger partial charge on any atom is 0.261 e. The van der Waals surface area contributed by atoms with Gasteiger partial charge >= 0.3 is 0 Å². The van der Waals surface area contributed by atoms with Crippen LogP contribution in [0.3, 0.4) is 0 Å². The van der Waals surface area contributed by atoms with Crippen LogP contribution in [0, 0.1) is 12.3 Å². The van der Waals surface area contributed by atoms with Crippen molar-refractivity contribution in [1.82, 2.24) is 14.9 Å². The van der Waals surface area contributed by atoms with Gasteiger partial charge in [-0.3, -0.25) is 14.2 Å². The number of aliphatic hydroxyl groups is 1. The molecule has 1 aromatic heterocycles. The Labute approximate surface area is 141 Å². The highest BCUT2D eigenvalue weighted by molar-refractivity contribution is 5.81. The van der Waals surface area contributed by atoms with Crippen LogP contribution >= 0.6 is 0 Å². The van der Waals surface area contributed by atoms with E-state index in [4.69, 9.17) is 0 Å². The minimum atomic E-state index is -0.306. The Balaban J connectivity index is 2.14. The third-order valence-electron chi connectivity index (χ3n) is 4.87. The molecule has 0 fully saturated rings. The molecule has 1 aromatic carbocycles. The maximum absolute atomic E-state index is 12.5. The molecule has 2 aromatic rings. The third-order valence-corrected chi connectivity index (χ3v) is 4.87. The van der Waals surface area contributed by atoms with Gasteiger partial charge in [0, 0.05) is 12.0 Å². The monoisotopic (exact) mass is 331 g/mol. The van der Waals surface area contributed by atoms with Crippen molar-refractivity contribution in [3.63, 3.8) is 0 Å². The van der Waals surface area contributed by atoms with Gasteiger partial charge in [-0.1, -0.05) is 26.0 Å². The van der Waals surface area contributed by atoms with Crippen LogP contribution in [-0.2, 0) is 11.3 Å². The van der Waals surface area contributed by atoms with E-state index in [9.17, 15) is 14.7 Å². The zero-order valence-corrected chi connectivity index (χ0v) is 14.5. The van der Waals surface area contributed by atoms with Gasteiger partial charge in [0.1, 0.15) is 6.54 Å². The number of benzene rings is 1. The molecule has 0 atom stereocenters. The lowest BCUT2D eigenvalue weighted by Crippen LogP contribution is -2.41. The topological polar surface area (TPSA) is 84.2 Å². The molecule has 0 radical (unpaired) electrons. The first-order valence-corrected chi connectivity index (χ1v) is 8.28. The molecule has 0 spiro atoms. The van der Waals surface area contributed by atoms with Crippen LogP contribution in [0.1, 0.15) is 32.3 Å². The second kappa shape index (κ2) is 7.57. The predicted molar refractivity (Wildman–Crippen MR) is 93.9 cm³/mol. The van der Waals surface area contributed by atoms with Crippen molar-refractivity contribution in [2.45, 2.75) is 40.2 Å². The van der Waals surface area contributed by atoms with E-state index in [0.29, 0.717) is 17.4 Å². The summed E-state index contributed by atoms with van der Waals surface area (Å²) in [6.07, 6.45) is 2.96. The molecule has 6 nitrogen and oxygen atoms in total. The summed E-state index contributed by atoms with van der Waals surface area (Å²) in [7, 11) is 0. The number of hydrogen-bond acceptors (Lipinski definition) is 4. The van der Waals surface area contributed by atoms with Crippen molar-refractivity contribution in [3.05, 3.63) is 40.4 Å². The van der Waals surface area contributed by atoms with Gasteiger partial charge in [-0.25, -0.2) is 4.98 Å². The van der Waals surface area contributed by atoms with Crippen LogP contribution in [-0.4, -0.2) is 33.7 Å². The van der Waals surface area contributed by atoms with Crippen molar-refractivity contribution in [2.75, 3.05) is 13.2 Å². The molecule has 0 aliphatic heterocycles. The van der Waals surface area contributed by atoms with Crippen molar-refractivity contribution in [2.24, 2.45) is 5.41 Å². The number of fused-ring (bicyclic) bond motifs is 1. The number of hydrogen-bond donors (Lipinski definition) is 2. The number of amides is 1. The average molecular weight is 331 g/mol. The summed E-state index contributed by atoms with van der Waals surface area (Å²) < 4.78 is 1.32. The quantitative estimate of drug-likeness (QED) is 0.807. The van der Waals surface area contributed by atoms with Crippen LogP contribution in [0.15, 0.2) is 29.3 Å². The fourth-order valence-corrected chi connectivity index (χ4v) is 2.73. The van der Waals surface area contributed by atoms with Gasteiger partial charge < -0.3 is 10.4 Å². The normalized spacial score (nSPS) is 11.7. The zero-order chi connectivity index (χ0) is 17.7. The highest BCUT2D eigenvalue weighted by Gasteiger charge is 2.25. The first kappa shape index (κ1) is 18.1. The summed E-state index contributed by atoms with van der Waals surface area (Å²) in [5, 5.41) is 12.9. The highest BCUT2D eigenvalue weighted by atomic mass is 16.3. The Hall–Kier alpha value is -2.21. The largest absolute Gasteiger partial charge is 0.396 e. The number of rotatable bonds is 7. The minimum Gasteiger partial charge on any atom is -0.396 e. The van der Waals surface area contributed by atoms with Crippen LogP contribution in [0.2, 0.25) is 0 Å². The first-order chi connectivity index (χ1) is 11.5. The van der Waals surface area contributed by atoms with E-state index >= 15 is 0 Å². The Bertz CT molecular complexity index is 770. The van der Waals surface area contributed by atoms with Gasteiger partial charge in [-0.15, -0.1) is 0 Å². The van der Waals surface area contributed by atoms with Crippen LogP contribution in [0.5, 0.6) is 0 Å². The summed E-state index contributed by atoms with van der Waals surface area (Å²) in [4.78, 5) is 29.0. The molecule has 2 N–H and O–H groups in total. The van der Waals surface area contributed by atoms with Crippen molar-refractivity contribution < 1.29 is 9.90 Å². The third kappa shape index (κ3) is 3.64. The Morgan fingerprint density at radius 1 is 1.33 bits per heavy atom. The van der Waals surface area contributed by atoms with E-state index in [-0.39, 0.29) is 30.0 Å². The molecule has 0 bridgehead atoms. The number of aromatic nitrogens is 2. The molecule has 0 unspecified atom stereocenters. The molecule has 130 valence electrons. The standard InChI is InChI=1S/C18H25N3O3/c1-4-18(5-2,11-22)10-19-15(23)9-21-12-20-16-13(3)7-6-8-14(16)17(21)24/h6-8,12,22H,4-5,9-11H2,1-3H3,(H,19,23). The first-order valence-electron chi connectivity index (χ1n) is 8.28. The van der Waals surface area contributed by atoms with Gasteiger partial charge in [0.25, 0.3) is 5.56 Å². The van der Waals surface area contributed by atoms with Crippen molar-refractivity contribution >= 4 is 16.8 Å². The molecule has 0 aliphatic carbocycles. The fourth-order valence-electron chi connectivity index (χ4n) is 2.73. The van der Waals surface area contributed by atoms with E-state index in [0.717, 1.165) is 18.4 Å². The number of nitrogens with one attached hydrogen (secondary N) is 1. The lowest BCUT2D eigenvalue weighted by atomic mass is 9.83. The Morgan fingerprint density at radius 2 is 2.04 bits per heavy atom. The van der Waals surface area contributed by atoms with Crippen LogP contribution < -0.4 is 10.9 Å². The summed E-state index contributed by atoms with van der Waals surface area (Å²) >= 11 is 0. The lowest BCUT2D eigenvalue weighted by Gasteiger charge is -2.29. The summed E-state index contributed by atoms with van der Waals surface area (Å²) in [5.41, 5.74) is 1.06. The molecule has 2 rings (SSSR count). The smallest absolute Gasteiger partial charge is 0.261 e. The highest BCUT2D eigenvalue weighted by Crippen LogP contribution is 2.24. The van der Waals surface area contributed by atoms with Crippen molar-refractivity contribution in [1.29, 1.82) is 0 Å². The zero-order valence-electron chi connectivity index (χ0n) is 14.5. The van der Waals surface area contributed by atoms with Crippen molar-refractivity contribution in [3.8, 4) is 0 Å². The summed E-state index contributed by atoms with van der Waals surface area (Å²) in [6.45, 7) is 6.22.